The molecule has 108 valence electrons. The second-order valence-electron chi connectivity index (χ2n) is 4.80. The van der Waals surface area contributed by atoms with Gasteiger partial charge in [0.05, 0.1) is 0 Å². The minimum atomic E-state index is 0.394. The van der Waals surface area contributed by atoms with Crippen LogP contribution in [0.15, 0.2) is 0 Å². The van der Waals surface area contributed by atoms with E-state index in [9.17, 15) is 0 Å². The van der Waals surface area contributed by atoms with E-state index in [1.807, 2.05) is 0 Å². The Morgan fingerprint density at radius 3 is 1.11 bits per heavy atom. The minimum Gasteiger partial charge on any atom is -0.0878 e. The molecular weight excluding hydrogens is 624 g/mol. The highest BCUT2D eigenvalue weighted by atomic mass is 79.9. The van der Waals surface area contributed by atoms with Crippen molar-refractivity contribution in [2.75, 3.05) is 0 Å². The third-order valence-corrected chi connectivity index (χ3v) is 13.6. The first kappa shape index (κ1) is 18.9. The van der Waals surface area contributed by atoms with Crippen molar-refractivity contribution < 1.29 is 0 Å². The van der Waals surface area contributed by atoms with Gasteiger partial charge in [-0.1, -0.05) is 121 Å². The van der Waals surface area contributed by atoms with Gasteiger partial charge in [-0.2, -0.15) is 0 Å². The van der Waals surface area contributed by atoms with Crippen LogP contribution in [0.3, 0.4) is 0 Å². The van der Waals surface area contributed by atoms with Gasteiger partial charge in [-0.25, -0.2) is 0 Å². The number of hydrogen-bond donors (Lipinski definition) is 0. The van der Waals surface area contributed by atoms with Gasteiger partial charge in [0.1, 0.15) is 0 Å². The van der Waals surface area contributed by atoms with Crippen molar-refractivity contribution in [1.29, 1.82) is 0 Å². The van der Waals surface area contributed by atoms with Crippen molar-refractivity contribution in [1.82, 2.24) is 0 Å². The Bertz CT molecular complexity index is 213. The summed E-state index contributed by atoms with van der Waals surface area (Å²) in [7, 11) is 0. The average Bonchev–Trinajstić information content (AvgIpc) is 2.37. The maximum atomic E-state index is 3.84. The van der Waals surface area contributed by atoms with Crippen LogP contribution in [0.1, 0.15) is 38.5 Å². The minimum absolute atomic E-state index is 0.394. The molecule has 6 heteroatoms. The highest BCUT2D eigenvalue weighted by Crippen LogP contribution is 2.37. The Morgan fingerprint density at radius 1 is 0.444 bits per heavy atom. The molecular formula is C12H18Br6. The molecule has 0 saturated heterocycles. The number of alkyl halides is 6. The Labute approximate surface area is 161 Å². The maximum Gasteiger partial charge on any atom is 0.0418 e. The lowest BCUT2D eigenvalue weighted by atomic mass is 10.0. The standard InChI is InChI=1S/C12H18Br6/c13-7-5-3-1-2-4-6-8(14)10(16)12(18)11(17)9(7)15/h7-12H,1-6H2/t7-,8-,9-,10+,11-,12-/m1/s1. The Hall–Kier alpha value is 2.88. The Balaban J connectivity index is 2.71. The predicted octanol–water partition coefficient (Wildman–Crippen LogP) is 6.92. The number of rotatable bonds is 0. The monoisotopic (exact) mass is 636 g/mol. The lowest BCUT2D eigenvalue weighted by Crippen LogP contribution is -2.39. The Kier molecular flexibility index (Phi) is 10.3. The summed E-state index contributed by atoms with van der Waals surface area (Å²) in [5, 5.41) is 0. The molecule has 0 radical (unpaired) electrons. The second kappa shape index (κ2) is 9.81. The summed E-state index contributed by atoms with van der Waals surface area (Å²) in [5.74, 6) is 0. The predicted molar refractivity (Wildman–Crippen MR) is 104 cm³/mol. The summed E-state index contributed by atoms with van der Waals surface area (Å²) in [6.45, 7) is 0. The molecule has 1 aliphatic carbocycles. The zero-order valence-electron chi connectivity index (χ0n) is 9.97. The molecule has 0 aromatic heterocycles. The van der Waals surface area contributed by atoms with E-state index < -0.39 is 0 Å². The molecule has 0 amide bonds. The molecule has 0 aliphatic heterocycles. The van der Waals surface area contributed by atoms with Crippen LogP contribution in [0, 0.1) is 0 Å². The SMILES string of the molecule is Br[C@H]1[C@H](Br)[C@H](Br)[C@H](Br)CCCCCC[C@@H](Br)[C@@H]1Br. The van der Waals surface area contributed by atoms with Crippen LogP contribution < -0.4 is 0 Å². The van der Waals surface area contributed by atoms with Gasteiger partial charge < -0.3 is 0 Å². The van der Waals surface area contributed by atoms with E-state index in [1.165, 1.54) is 38.5 Å². The van der Waals surface area contributed by atoms with Gasteiger partial charge >= 0.3 is 0 Å². The number of hydrogen-bond acceptors (Lipinski definition) is 0. The van der Waals surface area contributed by atoms with Gasteiger partial charge in [-0.3, -0.25) is 0 Å². The zero-order valence-corrected chi connectivity index (χ0v) is 19.5. The van der Waals surface area contributed by atoms with Crippen LogP contribution in [0.25, 0.3) is 0 Å². The first-order valence-corrected chi connectivity index (χ1v) is 11.8. The molecule has 1 rings (SSSR count). The summed E-state index contributed by atoms with van der Waals surface area (Å²) in [4.78, 5) is 2.70. The van der Waals surface area contributed by atoms with Crippen LogP contribution in [-0.2, 0) is 0 Å². The molecule has 0 spiro atoms. The fourth-order valence-electron chi connectivity index (χ4n) is 2.10. The third-order valence-electron chi connectivity index (χ3n) is 3.31. The maximum absolute atomic E-state index is 3.84. The van der Waals surface area contributed by atoms with Gasteiger partial charge in [0.2, 0.25) is 0 Å². The van der Waals surface area contributed by atoms with Gasteiger partial charge in [0.25, 0.3) is 0 Å². The molecule has 0 nitrogen and oxygen atoms in total. The third kappa shape index (κ3) is 5.94. The van der Waals surface area contributed by atoms with Crippen molar-refractivity contribution >= 4 is 95.6 Å². The fourth-order valence-corrected chi connectivity index (χ4v) is 7.63. The van der Waals surface area contributed by atoms with E-state index in [0.29, 0.717) is 29.0 Å². The highest BCUT2D eigenvalue weighted by Gasteiger charge is 2.35. The molecule has 6 atom stereocenters. The average molecular weight is 642 g/mol. The van der Waals surface area contributed by atoms with E-state index >= 15 is 0 Å². The molecule has 0 N–H and O–H groups in total. The highest BCUT2D eigenvalue weighted by molar-refractivity contribution is 9.15. The molecule has 0 bridgehead atoms. The van der Waals surface area contributed by atoms with E-state index in [4.69, 9.17) is 0 Å². The van der Waals surface area contributed by atoms with Crippen LogP contribution in [0.5, 0.6) is 0 Å². The second-order valence-corrected chi connectivity index (χ2v) is 11.4. The first-order valence-electron chi connectivity index (χ1n) is 6.29. The molecule has 0 aromatic rings. The molecule has 1 aliphatic rings. The van der Waals surface area contributed by atoms with Crippen molar-refractivity contribution in [2.45, 2.75) is 67.5 Å². The smallest absolute Gasteiger partial charge is 0.0418 e. The normalized spacial score (nSPS) is 45.0. The quantitative estimate of drug-likeness (QED) is 0.252. The molecule has 18 heavy (non-hydrogen) atoms. The van der Waals surface area contributed by atoms with E-state index in [2.05, 4.69) is 95.6 Å². The van der Waals surface area contributed by atoms with E-state index in [0.717, 1.165) is 0 Å². The van der Waals surface area contributed by atoms with Crippen molar-refractivity contribution in [3.05, 3.63) is 0 Å². The summed E-state index contributed by atoms with van der Waals surface area (Å²) < 4.78 is 0. The van der Waals surface area contributed by atoms with Crippen molar-refractivity contribution in [3.63, 3.8) is 0 Å². The fraction of sp³-hybridized carbons (Fsp3) is 1.00. The molecule has 1 fully saturated rings. The zero-order chi connectivity index (χ0) is 13.7. The van der Waals surface area contributed by atoms with Gasteiger partial charge in [-0.15, -0.1) is 0 Å². The van der Waals surface area contributed by atoms with Gasteiger partial charge in [-0.05, 0) is 12.8 Å². The Morgan fingerprint density at radius 2 is 0.778 bits per heavy atom. The van der Waals surface area contributed by atoms with E-state index in [1.54, 1.807) is 0 Å². The van der Waals surface area contributed by atoms with Crippen LogP contribution in [0.2, 0.25) is 0 Å². The van der Waals surface area contributed by atoms with Crippen molar-refractivity contribution in [2.24, 2.45) is 0 Å². The first-order chi connectivity index (χ1) is 8.45. The van der Waals surface area contributed by atoms with Crippen LogP contribution in [-0.4, -0.2) is 29.0 Å². The van der Waals surface area contributed by atoms with Crippen LogP contribution >= 0.6 is 95.6 Å². The molecule has 1 saturated carbocycles. The van der Waals surface area contributed by atoms with Gasteiger partial charge in [0, 0.05) is 29.0 Å². The summed E-state index contributed by atoms with van der Waals surface area (Å²) in [6.07, 6.45) is 7.80. The van der Waals surface area contributed by atoms with Gasteiger partial charge in [0.15, 0.2) is 0 Å². The topological polar surface area (TPSA) is 0 Å². The van der Waals surface area contributed by atoms with E-state index in [-0.39, 0.29) is 0 Å². The molecule has 0 aromatic carbocycles. The van der Waals surface area contributed by atoms with Crippen molar-refractivity contribution in [3.8, 4) is 0 Å². The largest absolute Gasteiger partial charge is 0.0878 e. The molecule has 0 unspecified atom stereocenters. The number of halogens is 6. The summed E-state index contributed by atoms with van der Waals surface area (Å²) in [6, 6.07) is 0. The summed E-state index contributed by atoms with van der Waals surface area (Å²) >= 11 is 23.0. The van der Waals surface area contributed by atoms with Crippen LogP contribution in [0.4, 0.5) is 0 Å². The molecule has 0 heterocycles. The lowest BCUT2D eigenvalue weighted by Gasteiger charge is -2.31. The summed E-state index contributed by atoms with van der Waals surface area (Å²) in [5.41, 5.74) is 0. The lowest BCUT2D eigenvalue weighted by molar-refractivity contribution is 0.549.